The van der Waals surface area contributed by atoms with Crippen LogP contribution in [0.1, 0.15) is 27.9 Å². The van der Waals surface area contributed by atoms with Crippen LogP contribution in [0.25, 0.3) is 10.9 Å². The lowest BCUT2D eigenvalue weighted by molar-refractivity contribution is -0.134. The summed E-state index contributed by atoms with van der Waals surface area (Å²) in [4.78, 5) is 58.1. The SMILES string of the molecule is NCCN(CCN)C(=O)C[C@H](N)C(=O)N[C@@H](Cc1ccc(C(=O)c2ccccc2)cc1)C(=O)Nc1cnc2ccccc2c1. The Hall–Kier alpha value is -4.97. The first-order valence-corrected chi connectivity index (χ1v) is 14.4. The fraction of sp³-hybridized carbons (Fsp3) is 0.242. The minimum atomic E-state index is -1.20. The number of anilines is 1. The van der Waals surface area contributed by atoms with E-state index in [4.69, 9.17) is 17.2 Å². The van der Waals surface area contributed by atoms with Crippen molar-refractivity contribution in [2.45, 2.75) is 24.9 Å². The summed E-state index contributed by atoms with van der Waals surface area (Å²) in [6.45, 7) is 1.07. The van der Waals surface area contributed by atoms with Crippen molar-refractivity contribution >= 4 is 40.1 Å². The molecule has 8 N–H and O–H groups in total. The highest BCUT2D eigenvalue weighted by atomic mass is 16.2. The summed E-state index contributed by atoms with van der Waals surface area (Å²) in [5.74, 6) is -1.64. The van der Waals surface area contributed by atoms with Gasteiger partial charge in [0, 0.05) is 49.1 Å². The number of aromatic nitrogens is 1. The van der Waals surface area contributed by atoms with Crippen LogP contribution in [0.3, 0.4) is 0 Å². The van der Waals surface area contributed by atoms with E-state index in [1.54, 1.807) is 54.6 Å². The van der Waals surface area contributed by atoms with Crippen molar-refractivity contribution in [3.63, 3.8) is 0 Å². The molecule has 0 aliphatic heterocycles. The fourth-order valence-electron chi connectivity index (χ4n) is 4.72. The van der Waals surface area contributed by atoms with Gasteiger partial charge in [-0.2, -0.15) is 0 Å². The summed E-state index contributed by atoms with van der Waals surface area (Å²) in [5.41, 5.74) is 20.3. The van der Waals surface area contributed by atoms with E-state index < -0.39 is 23.9 Å². The van der Waals surface area contributed by atoms with E-state index in [2.05, 4.69) is 15.6 Å². The number of hydrogen-bond acceptors (Lipinski definition) is 8. The highest BCUT2D eigenvalue weighted by molar-refractivity contribution is 6.09. The lowest BCUT2D eigenvalue weighted by Crippen LogP contribution is -2.52. The van der Waals surface area contributed by atoms with Crippen molar-refractivity contribution in [3.8, 4) is 0 Å². The van der Waals surface area contributed by atoms with Crippen molar-refractivity contribution in [1.82, 2.24) is 15.2 Å². The van der Waals surface area contributed by atoms with E-state index in [9.17, 15) is 19.2 Å². The number of nitrogens with two attached hydrogens (primary N) is 3. The van der Waals surface area contributed by atoms with Gasteiger partial charge in [-0.05, 0) is 17.7 Å². The molecule has 0 fully saturated rings. The van der Waals surface area contributed by atoms with Crippen LogP contribution in [-0.4, -0.2) is 71.7 Å². The quantitative estimate of drug-likeness (QED) is 0.136. The van der Waals surface area contributed by atoms with Crippen LogP contribution in [0.15, 0.2) is 91.1 Å². The number of para-hydroxylation sites is 1. The molecule has 0 saturated heterocycles. The molecule has 2 atom stereocenters. The molecule has 0 saturated carbocycles. The zero-order chi connectivity index (χ0) is 31.5. The summed E-state index contributed by atoms with van der Waals surface area (Å²) in [6.07, 6.45) is 1.37. The molecule has 0 aliphatic carbocycles. The number of benzene rings is 3. The molecule has 0 bridgehead atoms. The van der Waals surface area contributed by atoms with E-state index in [0.717, 1.165) is 10.9 Å². The monoisotopic (exact) mass is 595 g/mol. The molecule has 0 spiro atoms. The van der Waals surface area contributed by atoms with Gasteiger partial charge in [0.25, 0.3) is 0 Å². The van der Waals surface area contributed by atoms with E-state index in [1.807, 2.05) is 30.3 Å². The maximum Gasteiger partial charge on any atom is 0.247 e. The second kappa shape index (κ2) is 15.5. The van der Waals surface area contributed by atoms with E-state index in [1.165, 1.54) is 11.1 Å². The Balaban J connectivity index is 1.51. The smallest absolute Gasteiger partial charge is 0.247 e. The number of nitrogens with one attached hydrogen (secondary N) is 2. The predicted octanol–water partition coefficient (Wildman–Crippen LogP) is 1.60. The number of fused-ring (bicyclic) bond motifs is 1. The Morgan fingerprint density at radius 2 is 1.43 bits per heavy atom. The number of rotatable bonds is 14. The third kappa shape index (κ3) is 8.54. The van der Waals surface area contributed by atoms with Crippen LogP contribution in [0.2, 0.25) is 0 Å². The number of carbonyl (C=O) groups excluding carboxylic acids is 4. The van der Waals surface area contributed by atoms with Crippen molar-refractivity contribution in [2.24, 2.45) is 17.2 Å². The first-order valence-electron chi connectivity index (χ1n) is 14.4. The third-order valence-electron chi connectivity index (χ3n) is 7.06. The van der Waals surface area contributed by atoms with Crippen LogP contribution >= 0.6 is 0 Å². The van der Waals surface area contributed by atoms with Gasteiger partial charge in [-0.15, -0.1) is 0 Å². The van der Waals surface area contributed by atoms with Gasteiger partial charge < -0.3 is 32.7 Å². The third-order valence-corrected chi connectivity index (χ3v) is 7.06. The first-order chi connectivity index (χ1) is 21.3. The predicted molar refractivity (Wildman–Crippen MR) is 170 cm³/mol. The zero-order valence-electron chi connectivity index (χ0n) is 24.3. The van der Waals surface area contributed by atoms with Crippen molar-refractivity contribution in [3.05, 3.63) is 108 Å². The van der Waals surface area contributed by atoms with Gasteiger partial charge in [-0.3, -0.25) is 24.2 Å². The first kappa shape index (κ1) is 32.0. The molecule has 11 heteroatoms. The van der Waals surface area contributed by atoms with Crippen molar-refractivity contribution in [2.75, 3.05) is 31.5 Å². The maximum absolute atomic E-state index is 13.5. The minimum absolute atomic E-state index is 0.103. The van der Waals surface area contributed by atoms with Crippen LogP contribution in [-0.2, 0) is 20.8 Å². The molecule has 44 heavy (non-hydrogen) atoms. The molecular formula is C33H37N7O4. The Labute approximate surface area is 255 Å². The number of nitrogens with zero attached hydrogens (tertiary/aromatic N) is 2. The average molecular weight is 596 g/mol. The van der Waals surface area contributed by atoms with Gasteiger partial charge in [0.1, 0.15) is 6.04 Å². The van der Waals surface area contributed by atoms with Crippen LogP contribution in [0.4, 0.5) is 5.69 Å². The second-order valence-electron chi connectivity index (χ2n) is 10.3. The molecule has 3 aromatic carbocycles. The van der Waals surface area contributed by atoms with E-state index in [-0.39, 0.29) is 50.7 Å². The van der Waals surface area contributed by atoms with Crippen molar-refractivity contribution < 1.29 is 19.2 Å². The van der Waals surface area contributed by atoms with Gasteiger partial charge in [0.2, 0.25) is 17.7 Å². The summed E-state index contributed by atoms with van der Waals surface area (Å²) in [6, 6.07) is 22.8. The van der Waals surface area contributed by atoms with Gasteiger partial charge in [0.15, 0.2) is 5.78 Å². The maximum atomic E-state index is 13.5. The van der Waals surface area contributed by atoms with Crippen LogP contribution in [0.5, 0.6) is 0 Å². The number of hydrogen-bond donors (Lipinski definition) is 5. The summed E-state index contributed by atoms with van der Waals surface area (Å²) < 4.78 is 0. The Kier molecular flexibility index (Phi) is 11.2. The lowest BCUT2D eigenvalue weighted by Gasteiger charge is -2.24. The number of carbonyl (C=O) groups is 4. The fourth-order valence-corrected chi connectivity index (χ4v) is 4.72. The van der Waals surface area contributed by atoms with Crippen LogP contribution < -0.4 is 27.8 Å². The highest BCUT2D eigenvalue weighted by Gasteiger charge is 2.27. The Morgan fingerprint density at radius 3 is 2.11 bits per heavy atom. The molecule has 0 unspecified atom stereocenters. The summed E-state index contributed by atoms with van der Waals surface area (Å²) in [7, 11) is 0. The van der Waals surface area contributed by atoms with E-state index >= 15 is 0 Å². The molecule has 0 radical (unpaired) electrons. The molecule has 1 heterocycles. The zero-order valence-corrected chi connectivity index (χ0v) is 24.3. The summed E-state index contributed by atoms with van der Waals surface area (Å²) in [5, 5.41) is 6.38. The van der Waals surface area contributed by atoms with E-state index in [0.29, 0.717) is 22.4 Å². The highest BCUT2D eigenvalue weighted by Crippen LogP contribution is 2.17. The minimum Gasteiger partial charge on any atom is -0.343 e. The molecule has 0 aliphatic rings. The largest absolute Gasteiger partial charge is 0.343 e. The molecule has 4 aromatic rings. The number of amides is 3. The normalized spacial score (nSPS) is 12.2. The van der Waals surface area contributed by atoms with Crippen LogP contribution in [0, 0.1) is 0 Å². The molecule has 1 aromatic heterocycles. The van der Waals surface area contributed by atoms with Gasteiger partial charge in [-0.25, -0.2) is 0 Å². The van der Waals surface area contributed by atoms with Crippen molar-refractivity contribution in [1.29, 1.82) is 0 Å². The molecule has 11 nitrogen and oxygen atoms in total. The molecule has 228 valence electrons. The van der Waals surface area contributed by atoms with Gasteiger partial charge >= 0.3 is 0 Å². The average Bonchev–Trinajstić information content (AvgIpc) is 3.04. The molecular weight excluding hydrogens is 558 g/mol. The number of pyridine rings is 1. The topological polar surface area (TPSA) is 187 Å². The van der Waals surface area contributed by atoms with Gasteiger partial charge in [0.05, 0.1) is 29.9 Å². The number of ketones is 1. The Morgan fingerprint density at radius 1 is 0.795 bits per heavy atom. The standard InChI is InChI=1S/C33H37N7O4/c34-14-16-40(17-15-35)30(41)20-27(36)32(43)39-29(33(44)38-26-19-25-8-4-5-9-28(25)37-21-26)18-22-10-12-24(13-11-22)31(42)23-6-2-1-3-7-23/h1-13,19,21,27,29H,14-18,20,34-36H2,(H,38,44)(H,39,43)/t27-,29-/m0/s1. The summed E-state index contributed by atoms with van der Waals surface area (Å²) >= 11 is 0. The molecule has 4 rings (SSSR count). The second-order valence-corrected chi connectivity index (χ2v) is 10.3. The lowest BCUT2D eigenvalue weighted by atomic mass is 9.99. The Bertz CT molecular complexity index is 1590. The molecule has 3 amide bonds. The van der Waals surface area contributed by atoms with Gasteiger partial charge in [-0.1, -0.05) is 72.8 Å².